The molecule has 1 unspecified atom stereocenters. The largest absolute Gasteiger partial charge is 0.310 e. The summed E-state index contributed by atoms with van der Waals surface area (Å²) in [5, 5.41) is 0. The number of allylic oxidation sites excluding steroid dienone is 4. The molecule has 0 aliphatic heterocycles. The first-order chi connectivity index (χ1) is 29.2. The third-order valence-electron chi connectivity index (χ3n) is 14.9. The zero-order chi connectivity index (χ0) is 39.0. The Bertz CT molecular complexity index is 2660. The molecule has 2 fully saturated rings. The van der Waals surface area contributed by atoms with E-state index in [0.717, 1.165) is 6.42 Å². The SMILES string of the molecule is C1=CCC(c2ccc(N(c3cccc(-c4ccc5c(c4)C4(CCCC4)c4ccccc4-5)c3)c3cccc(-c4ccc5c(c4)C4(CCCC4)c4ccccc4-5)c3)cc2)C=C1. The van der Waals surface area contributed by atoms with Crippen molar-refractivity contribution in [3.8, 4) is 44.5 Å². The summed E-state index contributed by atoms with van der Waals surface area (Å²) in [7, 11) is 0. The zero-order valence-electron chi connectivity index (χ0n) is 33.7. The third kappa shape index (κ3) is 5.44. The first-order valence-corrected chi connectivity index (χ1v) is 22.1. The first-order valence-electron chi connectivity index (χ1n) is 22.1. The highest BCUT2D eigenvalue weighted by Gasteiger charge is 2.46. The van der Waals surface area contributed by atoms with Gasteiger partial charge in [0.05, 0.1) is 0 Å². The van der Waals surface area contributed by atoms with E-state index < -0.39 is 0 Å². The molecular formula is C58H49N. The van der Waals surface area contributed by atoms with E-state index in [1.54, 1.807) is 11.1 Å². The van der Waals surface area contributed by atoms with Crippen LogP contribution in [-0.4, -0.2) is 0 Å². The van der Waals surface area contributed by atoms with E-state index in [2.05, 4.69) is 187 Å². The molecule has 7 aromatic carbocycles. The Hall–Kier alpha value is -6.18. The Morgan fingerprint density at radius 3 is 1.39 bits per heavy atom. The van der Waals surface area contributed by atoms with Crippen molar-refractivity contribution >= 4 is 17.1 Å². The highest BCUT2D eigenvalue weighted by Crippen LogP contribution is 2.59. The molecule has 2 saturated carbocycles. The lowest BCUT2D eigenvalue weighted by Gasteiger charge is -2.28. The van der Waals surface area contributed by atoms with Crippen LogP contribution in [0.2, 0.25) is 0 Å². The molecule has 12 rings (SSSR count). The minimum absolute atomic E-state index is 0.148. The summed E-state index contributed by atoms with van der Waals surface area (Å²) >= 11 is 0. The quantitative estimate of drug-likeness (QED) is 0.163. The van der Waals surface area contributed by atoms with E-state index in [-0.39, 0.29) is 10.8 Å². The normalized spacial score (nSPS) is 18.5. The topological polar surface area (TPSA) is 3.24 Å². The fraction of sp³-hybridized carbons (Fsp3) is 0.207. The standard InChI is InChI=1S/C58H49N/c1-2-14-40(15-3-1)41-24-28-46(29-25-41)59(47-18-12-16-42(36-47)44-26-30-51-49-20-4-6-22-53(49)57(55(51)38-44)32-8-9-33-57)48-19-13-17-43(37-48)45-27-31-52-50-21-5-7-23-54(50)58(56(52)39-45)34-10-11-35-58/h1-7,12-14,16-31,36-40H,8-11,15,32-35H2. The third-order valence-corrected chi connectivity index (χ3v) is 14.9. The smallest absolute Gasteiger partial charge is 0.0467 e. The van der Waals surface area contributed by atoms with E-state index in [1.165, 1.54) is 130 Å². The molecule has 0 aromatic heterocycles. The number of fused-ring (bicyclic) bond motifs is 10. The van der Waals surface area contributed by atoms with Gasteiger partial charge in [-0.05, 0) is 153 Å². The number of hydrogen-bond acceptors (Lipinski definition) is 1. The van der Waals surface area contributed by atoms with Crippen LogP contribution in [0.25, 0.3) is 44.5 Å². The summed E-state index contributed by atoms with van der Waals surface area (Å²) in [6.07, 6.45) is 20.2. The van der Waals surface area contributed by atoms with Gasteiger partial charge in [-0.25, -0.2) is 0 Å². The summed E-state index contributed by atoms with van der Waals surface area (Å²) in [4.78, 5) is 2.47. The van der Waals surface area contributed by atoms with Gasteiger partial charge in [0.25, 0.3) is 0 Å². The van der Waals surface area contributed by atoms with Crippen molar-refractivity contribution in [3.63, 3.8) is 0 Å². The fourth-order valence-electron chi connectivity index (χ4n) is 12.1. The van der Waals surface area contributed by atoms with Crippen molar-refractivity contribution in [2.75, 3.05) is 4.90 Å². The second kappa shape index (κ2) is 13.7. The van der Waals surface area contributed by atoms with Gasteiger partial charge < -0.3 is 4.90 Å². The molecule has 1 atom stereocenters. The van der Waals surface area contributed by atoms with E-state index in [0.29, 0.717) is 5.92 Å². The molecule has 0 radical (unpaired) electrons. The van der Waals surface area contributed by atoms with E-state index in [4.69, 9.17) is 0 Å². The second-order valence-electron chi connectivity index (χ2n) is 17.9. The molecule has 0 bridgehead atoms. The Labute approximate surface area is 349 Å². The van der Waals surface area contributed by atoms with Crippen LogP contribution < -0.4 is 4.90 Å². The molecule has 5 aliphatic carbocycles. The summed E-state index contributed by atoms with van der Waals surface area (Å²) in [5.41, 5.74) is 22.1. The molecule has 2 spiro atoms. The predicted molar refractivity (Wildman–Crippen MR) is 247 cm³/mol. The van der Waals surface area contributed by atoms with E-state index in [9.17, 15) is 0 Å². The fourth-order valence-corrected chi connectivity index (χ4v) is 12.1. The predicted octanol–water partition coefficient (Wildman–Crippen LogP) is 15.8. The molecule has 1 heteroatoms. The average Bonchev–Trinajstić information content (AvgIpc) is 4.11. The maximum Gasteiger partial charge on any atom is 0.0467 e. The Kier molecular flexibility index (Phi) is 8.09. The summed E-state index contributed by atoms with van der Waals surface area (Å²) in [6.45, 7) is 0. The Morgan fingerprint density at radius 2 is 0.881 bits per heavy atom. The molecule has 7 aromatic rings. The Morgan fingerprint density at radius 1 is 0.390 bits per heavy atom. The lowest BCUT2D eigenvalue weighted by atomic mass is 9.76. The van der Waals surface area contributed by atoms with Crippen molar-refractivity contribution in [2.24, 2.45) is 0 Å². The molecule has 0 N–H and O–H groups in total. The van der Waals surface area contributed by atoms with Crippen molar-refractivity contribution in [1.82, 2.24) is 0 Å². The lowest BCUT2D eigenvalue weighted by molar-refractivity contribution is 0.550. The number of anilines is 3. The van der Waals surface area contributed by atoms with E-state index in [1.807, 2.05) is 0 Å². The van der Waals surface area contributed by atoms with Crippen LogP contribution in [-0.2, 0) is 10.8 Å². The molecule has 5 aliphatic rings. The monoisotopic (exact) mass is 759 g/mol. The zero-order valence-corrected chi connectivity index (χ0v) is 33.7. The maximum absolute atomic E-state index is 2.54. The number of nitrogens with zero attached hydrogens (tertiary/aromatic N) is 1. The highest BCUT2D eigenvalue weighted by atomic mass is 15.1. The second-order valence-corrected chi connectivity index (χ2v) is 17.9. The van der Waals surface area contributed by atoms with Crippen molar-refractivity contribution < 1.29 is 0 Å². The number of hydrogen-bond donors (Lipinski definition) is 0. The van der Waals surface area contributed by atoms with Crippen LogP contribution in [0.1, 0.15) is 91.5 Å². The summed E-state index contributed by atoms with van der Waals surface area (Å²) in [5.74, 6) is 0.414. The molecule has 59 heavy (non-hydrogen) atoms. The highest BCUT2D eigenvalue weighted by molar-refractivity contribution is 5.88. The van der Waals surface area contributed by atoms with Crippen molar-refractivity contribution in [2.45, 2.75) is 74.5 Å². The minimum Gasteiger partial charge on any atom is -0.310 e. The first kappa shape index (κ1) is 34.8. The van der Waals surface area contributed by atoms with Crippen LogP contribution in [0.15, 0.2) is 182 Å². The lowest BCUT2D eigenvalue weighted by Crippen LogP contribution is -2.20. The van der Waals surface area contributed by atoms with Crippen LogP contribution in [0.3, 0.4) is 0 Å². The molecule has 1 nitrogen and oxygen atoms in total. The minimum atomic E-state index is 0.148. The summed E-state index contributed by atoms with van der Waals surface area (Å²) in [6, 6.07) is 60.8. The van der Waals surface area contributed by atoms with Gasteiger partial charge in [0.1, 0.15) is 0 Å². The van der Waals surface area contributed by atoms with E-state index >= 15 is 0 Å². The van der Waals surface area contributed by atoms with Gasteiger partial charge >= 0.3 is 0 Å². The van der Waals surface area contributed by atoms with Gasteiger partial charge in [-0.1, -0.05) is 159 Å². The van der Waals surface area contributed by atoms with Crippen LogP contribution in [0.4, 0.5) is 17.1 Å². The number of benzene rings is 7. The molecule has 286 valence electrons. The van der Waals surface area contributed by atoms with Gasteiger partial charge in [-0.15, -0.1) is 0 Å². The van der Waals surface area contributed by atoms with Crippen molar-refractivity contribution in [1.29, 1.82) is 0 Å². The van der Waals surface area contributed by atoms with Crippen LogP contribution in [0.5, 0.6) is 0 Å². The van der Waals surface area contributed by atoms with Gasteiger partial charge in [-0.3, -0.25) is 0 Å². The van der Waals surface area contributed by atoms with Crippen LogP contribution >= 0.6 is 0 Å². The average molecular weight is 760 g/mol. The molecule has 0 amide bonds. The van der Waals surface area contributed by atoms with Gasteiger partial charge in [-0.2, -0.15) is 0 Å². The van der Waals surface area contributed by atoms with Gasteiger partial charge in [0, 0.05) is 33.8 Å². The molecule has 0 heterocycles. The molecule has 0 saturated heterocycles. The summed E-state index contributed by atoms with van der Waals surface area (Å²) < 4.78 is 0. The van der Waals surface area contributed by atoms with Crippen LogP contribution in [0, 0.1) is 0 Å². The van der Waals surface area contributed by atoms with Gasteiger partial charge in [0.15, 0.2) is 0 Å². The van der Waals surface area contributed by atoms with Gasteiger partial charge in [0.2, 0.25) is 0 Å². The molecular weight excluding hydrogens is 711 g/mol. The van der Waals surface area contributed by atoms with Crippen molar-refractivity contribution in [3.05, 3.63) is 210 Å². The maximum atomic E-state index is 2.54. The Balaban J connectivity index is 0.957. The number of rotatable bonds is 6.